The first-order chi connectivity index (χ1) is 9.83. The summed E-state index contributed by atoms with van der Waals surface area (Å²) in [4.78, 5) is 16.6. The summed E-state index contributed by atoms with van der Waals surface area (Å²) in [6.45, 7) is 1.16. The van der Waals surface area contributed by atoms with Crippen LogP contribution < -0.4 is 0 Å². The van der Waals surface area contributed by atoms with Crippen LogP contribution in [0.1, 0.15) is 23.8 Å². The van der Waals surface area contributed by atoms with E-state index >= 15 is 0 Å². The van der Waals surface area contributed by atoms with Crippen LogP contribution in [0, 0.1) is 0 Å². The van der Waals surface area contributed by atoms with Crippen molar-refractivity contribution in [1.29, 1.82) is 0 Å². The standard InChI is InChI=1S/C13H16ClF3N2O2/c1-2-21-7-3-6-19(9-13(15,16)17)12(20)11-8-10(14)4-5-18-11/h4-5,8H,2-3,6-7,9H2,1H3. The molecule has 4 nitrogen and oxygen atoms in total. The number of nitrogens with zero attached hydrogens (tertiary/aromatic N) is 2. The summed E-state index contributed by atoms with van der Waals surface area (Å²) in [7, 11) is 0. The first-order valence-electron chi connectivity index (χ1n) is 6.39. The van der Waals surface area contributed by atoms with E-state index in [1.54, 1.807) is 6.92 Å². The minimum atomic E-state index is -4.47. The number of hydrogen-bond acceptors (Lipinski definition) is 3. The Hall–Kier alpha value is -1.34. The van der Waals surface area contributed by atoms with E-state index in [9.17, 15) is 18.0 Å². The molecule has 0 radical (unpaired) electrons. The second-order valence-electron chi connectivity index (χ2n) is 4.25. The van der Waals surface area contributed by atoms with Crippen LogP contribution in [0.15, 0.2) is 18.3 Å². The molecule has 21 heavy (non-hydrogen) atoms. The maximum atomic E-state index is 12.6. The van der Waals surface area contributed by atoms with Crippen molar-refractivity contribution < 1.29 is 22.7 Å². The molecule has 0 aliphatic carbocycles. The highest BCUT2D eigenvalue weighted by Crippen LogP contribution is 2.19. The second kappa shape index (κ2) is 8.19. The Morgan fingerprint density at radius 2 is 2.19 bits per heavy atom. The number of alkyl halides is 3. The summed E-state index contributed by atoms with van der Waals surface area (Å²) in [5.41, 5.74) is -0.108. The molecule has 0 aromatic carbocycles. The Balaban J connectivity index is 2.76. The monoisotopic (exact) mass is 324 g/mol. The van der Waals surface area contributed by atoms with Crippen LogP contribution in [0.3, 0.4) is 0 Å². The second-order valence-corrected chi connectivity index (χ2v) is 4.69. The highest BCUT2D eigenvalue weighted by molar-refractivity contribution is 6.30. The topological polar surface area (TPSA) is 42.4 Å². The molecule has 118 valence electrons. The lowest BCUT2D eigenvalue weighted by Crippen LogP contribution is -2.40. The lowest BCUT2D eigenvalue weighted by Gasteiger charge is -2.23. The van der Waals surface area contributed by atoms with Gasteiger partial charge in [0.1, 0.15) is 12.2 Å². The smallest absolute Gasteiger partial charge is 0.382 e. The fourth-order valence-electron chi connectivity index (χ4n) is 1.65. The molecule has 1 aromatic rings. The van der Waals surface area contributed by atoms with Crippen LogP contribution in [-0.4, -0.2) is 48.3 Å². The average Bonchev–Trinajstić information content (AvgIpc) is 2.40. The zero-order valence-corrected chi connectivity index (χ0v) is 12.2. The molecule has 0 fully saturated rings. The molecule has 1 heterocycles. The molecule has 0 spiro atoms. The summed E-state index contributed by atoms with van der Waals surface area (Å²) in [6.07, 6.45) is -2.88. The maximum Gasteiger partial charge on any atom is 0.406 e. The number of rotatable bonds is 7. The van der Waals surface area contributed by atoms with Gasteiger partial charge in [0.15, 0.2) is 0 Å². The van der Waals surface area contributed by atoms with Gasteiger partial charge in [0.05, 0.1) is 0 Å². The van der Waals surface area contributed by atoms with Gasteiger partial charge in [-0.25, -0.2) is 0 Å². The normalized spacial score (nSPS) is 11.5. The van der Waals surface area contributed by atoms with Gasteiger partial charge in [-0.05, 0) is 25.5 Å². The first kappa shape index (κ1) is 17.7. The van der Waals surface area contributed by atoms with E-state index < -0.39 is 18.6 Å². The minimum Gasteiger partial charge on any atom is -0.382 e. The van der Waals surface area contributed by atoms with Gasteiger partial charge in [0, 0.05) is 31.0 Å². The third-order valence-electron chi connectivity index (χ3n) is 2.52. The van der Waals surface area contributed by atoms with Crippen molar-refractivity contribution >= 4 is 17.5 Å². The molecule has 0 unspecified atom stereocenters. The van der Waals surface area contributed by atoms with Crippen LogP contribution >= 0.6 is 11.6 Å². The van der Waals surface area contributed by atoms with Crippen molar-refractivity contribution in [2.45, 2.75) is 19.5 Å². The number of pyridine rings is 1. The first-order valence-corrected chi connectivity index (χ1v) is 6.76. The molecule has 1 aromatic heterocycles. The van der Waals surface area contributed by atoms with E-state index in [0.717, 1.165) is 0 Å². The largest absolute Gasteiger partial charge is 0.406 e. The average molecular weight is 325 g/mol. The Bertz CT molecular complexity index is 469. The van der Waals surface area contributed by atoms with Gasteiger partial charge in [0.2, 0.25) is 0 Å². The lowest BCUT2D eigenvalue weighted by molar-refractivity contribution is -0.141. The fraction of sp³-hybridized carbons (Fsp3) is 0.538. The molecule has 0 saturated carbocycles. The molecule has 0 N–H and O–H groups in total. The van der Waals surface area contributed by atoms with E-state index in [1.165, 1.54) is 18.3 Å². The van der Waals surface area contributed by atoms with Crippen LogP contribution in [0.2, 0.25) is 5.02 Å². The number of hydrogen-bond donors (Lipinski definition) is 0. The van der Waals surface area contributed by atoms with Crippen molar-refractivity contribution in [3.63, 3.8) is 0 Å². The van der Waals surface area contributed by atoms with E-state index in [0.29, 0.717) is 24.5 Å². The molecule has 1 amide bonds. The number of carbonyl (C=O) groups excluding carboxylic acids is 1. The SMILES string of the molecule is CCOCCCN(CC(F)(F)F)C(=O)c1cc(Cl)ccn1. The van der Waals surface area contributed by atoms with Gasteiger partial charge >= 0.3 is 6.18 Å². The van der Waals surface area contributed by atoms with Crippen LogP contribution in [0.25, 0.3) is 0 Å². The van der Waals surface area contributed by atoms with E-state index in [4.69, 9.17) is 16.3 Å². The molecule has 0 bridgehead atoms. The number of halogens is 4. The van der Waals surface area contributed by atoms with Gasteiger partial charge in [-0.15, -0.1) is 0 Å². The van der Waals surface area contributed by atoms with Crippen molar-refractivity contribution in [1.82, 2.24) is 9.88 Å². The quantitative estimate of drug-likeness (QED) is 0.724. The summed E-state index contributed by atoms with van der Waals surface area (Å²) in [5.74, 6) is -0.800. The number of ether oxygens (including phenoxy) is 1. The Kier molecular flexibility index (Phi) is 6.91. The van der Waals surface area contributed by atoms with Gasteiger partial charge in [-0.3, -0.25) is 9.78 Å². The highest BCUT2D eigenvalue weighted by atomic mass is 35.5. The third kappa shape index (κ3) is 6.77. The van der Waals surface area contributed by atoms with Crippen molar-refractivity contribution in [3.05, 3.63) is 29.0 Å². The van der Waals surface area contributed by atoms with Crippen LogP contribution in [0.4, 0.5) is 13.2 Å². The molecule has 0 atom stereocenters. The van der Waals surface area contributed by atoms with Crippen molar-refractivity contribution in [3.8, 4) is 0 Å². The van der Waals surface area contributed by atoms with Crippen molar-refractivity contribution in [2.24, 2.45) is 0 Å². The Morgan fingerprint density at radius 3 is 2.76 bits per heavy atom. The van der Waals surface area contributed by atoms with E-state index in [2.05, 4.69) is 4.98 Å². The summed E-state index contributed by atoms with van der Waals surface area (Å²) in [5, 5.41) is 0.245. The van der Waals surface area contributed by atoms with E-state index in [-0.39, 0.29) is 17.3 Å². The number of amides is 1. The van der Waals surface area contributed by atoms with Gasteiger partial charge in [-0.1, -0.05) is 11.6 Å². The summed E-state index contributed by atoms with van der Waals surface area (Å²) < 4.78 is 42.8. The zero-order chi connectivity index (χ0) is 15.9. The van der Waals surface area contributed by atoms with E-state index in [1.807, 2.05) is 0 Å². The maximum absolute atomic E-state index is 12.6. The number of aromatic nitrogens is 1. The summed E-state index contributed by atoms with van der Waals surface area (Å²) in [6, 6.07) is 2.69. The molecular formula is C13H16ClF3N2O2. The predicted molar refractivity (Wildman–Crippen MR) is 72.3 cm³/mol. The Morgan fingerprint density at radius 1 is 1.48 bits per heavy atom. The molecule has 0 aliphatic rings. The lowest BCUT2D eigenvalue weighted by atomic mass is 10.3. The fourth-order valence-corrected chi connectivity index (χ4v) is 1.81. The third-order valence-corrected chi connectivity index (χ3v) is 2.75. The highest BCUT2D eigenvalue weighted by Gasteiger charge is 2.33. The van der Waals surface area contributed by atoms with Gasteiger partial charge < -0.3 is 9.64 Å². The molecule has 8 heteroatoms. The minimum absolute atomic E-state index is 0.0630. The molecule has 1 rings (SSSR count). The zero-order valence-electron chi connectivity index (χ0n) is 11.5. The summed E-state index contributed by atoms with van der Waals surface area (Å²) >= 11 is 5.72. The molecule has 0 saturated heterocycles. The van der Waals surface area contributed by atoms with Gasteiger partial charge in [0.25, 0.3) is 5.91 Å². The number of carbonyl (C=O) groups is 1. The van der Waals surface area contributed by atoms with Crippen LogP contribution in [0.5, 0.6) is 0 Å². The Labute approximate surface area is 125 Å². The predicted octanol–water partition coefficient (Wildman–Crippen LogP) is 3.17. The van der Waals surface area contributed by atoms with Gasteiger partial charge in [-0.2, -0.15) is 13.2 Å². The molecule has 0 aliphatic heterocycles. The van der Waals surface area contributed by atoms with Crippen LogP contribution in [-0.2, 0) is 4.74 Å². The van der Waals surface area contributed by atoms with Crippen molar-refractivity contribution in [2.75, 3.05) is 26.3 Å². The molecular weight excluding hydrogens is 309 g/mol.